The Bertz CT molecular complexity index is 439. The van der Waals surface area contributed by atoms with Crippen LogP contribution < -0.4 is 4.90 Å². The van der Waals surface area contributed by atoms with Gasteiger partial charge in [-0.1, -0.05) is 0 Å². The molecule has 6 nitrogen and oxygen atoms in total. The maximum Gasteiger partial charge on any atom is 0.305 e. The highest BCUT2D eigenvalue weighted by atomic mass is 16.5. The van der Waals surface area contributed by atoms with E-state index in [0.717, 1.165) is 31.0 Å². The topological polar surface area (TPSA) is 64.5 Å². The molecule has 0 N–H and O–H groups in total. The molecule has 0 aliphatic carbocycles. The lowest BCUT2D eigenvalue weighted by atomic mass is 10.1. The molecular weight excluding hydrogens is 246 g/mol. The summed E-state index contributed by atoms with van der Waals surface area (Å²) in [5.74, 6) is 1.09. The second kappa shape index (κ2) is 6.47. The van der Waals surface area contributed by atoms with Crippen LogP contribution in [-0.4, -0.2) is 43.2 Å². The Labute approximate surface area is 112 Å². The Kier molecular flexibility index (Phi) is 4.68. The van der Waals surface area contributed by atoms with Gasteiger partial charge in [0.1, 0.15) is 12.1 Å². The number of hydrogen-bond acceptors (Lipinski definition) is 6. The molecule has 1 unspecified atom stereocenters. The molecule has 1 fully saturated rings. The largest absolute Gasteiger partial charge is 0.469 e. The van der Waals surface area contributed by atoms with Gasteiger partial charge in [-0.2, -0.15) is 0 Å². The summed E-state index contributed by atoms with van der Waals surface area (Å²) in [7, 11) is 3.07. The summed E-state index contributed by atoms with van der Waals surface area (Å²) in [6.45, 7) is 2.22. The molecule has 0 radical (unpaired) electrons. The Morgan fingerprint density at radius 1 is 1.47 bits per heavy atom. The van der Waals surface area contributed by atoms with Gasteiger partial charge in [-0.15, -0.1) is 0 Å². The number of aromatic nitrogens is 2. The van der Waals surface area contributed by atoms with Crippen LogP contribution in [0.15, 0.2) is 12.4 Å². The van der Waals surface area contributed by atoms with Crippen LogP contribution in [0.3, 0.4) is 0 Å². The van der Waals surface area contributed by atoms with Crippen molar-refractivity contribution in [1.29, 1.82) is 0 Å². The van der Waals surface area contributed by atoms with Crippen molar-refractivity contribution < 1.29 is 14.3 Å². The first-order valence-corrected chi connectivity index (χ1v) is 6.34. The van der Waals surface area contributed by atoms with E-state index in [1.807, 2.05) is 6.07 Å². The summed E-state index contributed by atoms with van der Waals surface area (Å²) in [5, 5.41) is 0. The predicted molar refractivity (Wildman–Crippen MR) is 69.7 cm³/mol. The highest BCUT2D eigenvalue weighted by Crippen LogP contribution is 2.24. The molecule has 1 aromatic heterocycles. The van der Waals surface area contributed by atoms with E-state index in [4.69, 9.17) is 9.47 Å². The number of methoxy groups -OCH3 is 2. The zero-order valence-electron chi connectivity index (χ0n) is 11.3. The standard InChI is InChI=1S/C13H19N3O3/c1-18-8-11-6-12(15-9-14-11)16-4-3-10(7-16)5-13(17)19-2/h6,9-10H,3-5,7-8H2,1-2H3. The lowest BCUT2D eigenvalue weighted by molar-refractivity contribution is -0.141. The number of ether oxygens (including phenoxy) is 2. The molecule has 6 heteroatoms. The highest BCUT2D eigenvalue weighted by molar-refractivity contribution is 5.69. The summed E-state index contributed by atoms with van der Waals surface area (Å²) < 4.78 is 9.77. The first kappa shape index (κ1) is 13.7. The third kappa shape index (κ3) is 3.64. The summed E-state index contributed by atoms with van der Waals surface area (Å²) in [6, 6.07) is 1.93. The van der Waals surface area contributed by atoms with E-state index in [9.17, 15) is 4.79 Å². The van der Waals surface area contributed by atoms with Gasteiger partial charge in [0.2, 0.25) is 0 Å². The molecule has 2 heterocycles. The zero-order chi connectivity index (χ0) is 13.7. The zero-order valence-corrected chi connectivity index (χ0v) is 11.3. The van der Waals surface area contributed by atoms with Gasteiger partial charge in [0.15, 0.2) is 0 Å². The molecule has 1 saturated heterocycles. The summed E-state index contributed by atoms with van der Waals surface area (Å²) in [5.41, 5.74) is 0.865. The number of carbonyl (C=O) groups excluding carboxylic acids is 1. The Balaban J connectivity index is 1.96. The van der Waals surface area contributed by atoms with Gasteiger partial charge in [-0.3, -0.25) is 4.79 Å². The fourth-order valence-electron chi connectivity index (χ4n) is 2.31. The van der Waals surface area contributed by atoms with Gasteiger partial charge in [0.05, 0.1) is 25.8 Å². The fourth-order valence-corrected chi connectivity index (χ4v) is 2.31. The molecule has 104 valence electrons. The second-order valence-corrected chi connectivity index (χ2v) is 4.68. The molecule has 1 aliphatic rings. The summed E-state index contributed by atoms with van der Waals surface area (Å²) >= 11 is 0. The average molecular weight is 265 g/mol. The van der Waals surface area contributed by atoms with E-state index in [1.54, 1.807) is 13.4 Å². The van der Waals surface area contributed by atoms with E-state index in [-0.39, 0.29) is 5.97 Å². The van der Waals surface area contributed by atoms with Crippen molar-refractivity contribution >= 4 is 11.8 Å². The third-order valence-corrected chi connectivity index (χ3v) is 3.29. The SMILES string of the molecule is COCc1cc(N2CCC(CC(=O)OC)C2)ncn1. The molecule has 1 atom stereocenters. The van der Waals surface area contributed by atoms with Crippen LogP contribution in [-0.2, 0) is 20.9 Å². The third-order valence-electron chi connectivity index (χ3n) is 3.29. The highest BCUT2D eigenvalue weighted by Gasteiger charge is 2.25. The second-order valence-electron chi connectivity index (χ2n) is 4.68. The number of rotatable bonds is 5. The normalized spacial score (nSPS) is 18.6. The van der Waals surface area contributed by atoms with Gasteiger partial charge < -0.3 is 14.4 Å². The van der Waals surface area contributed by atoms with Gasteiger partial charge in [0.25, 0.3) is 0 Å². The van der Waals surface area contributed by atoms with Crippen LogP contribution in [0.4, 0.5) is 5.82 Å². The van der Waals surface area contributed by atoms with Crippen molar-refractivity contribution in [1.82, 2.24) is 9.97 Å². The molecular formula is C13H19N3O3. The van der Waals surface area contributed by atoms with E-state index in [1.165, 1.54) is 7.11 Å². The maximum atomic E-state index is 11.3. The van der Waals surface area contributed by atoms with E-state index in [0.29, 0.717) is 18.9 Å². The van der Waals surface area contributed by atoms with Crippen molar-refractivity contribution in [3.8, 4) is 0 Å². The first-order valence-electron chi connectivity index (χ1n) is 6.34. The minimum Gasteiger partial charge on any atom is -0.469 e. The predicted octanol–water partition coefficient (Wildman–Crippen LogP) is 1.01. The van der Waals surface area contributed by atoms with Gasteiger partial charge in [-0.05, 0) is 12.3 Å². The number of anilines is 1. The average Bonchev–Trinajstić information content (AvgIpc) is 2.88. The van der Waals surface area contributed by atoms with Crippen LogP contribution in [0.2, 0.25) is 0 Å². The first-order chi connectivity index (χ1) is 9.22. The van der Waals surface area contributed by atoms with Crippen molar-refractivity contribution in [3.05, 3.63) is 18.1 Å². The molecule has 0 saturated carbocycles. The van der Waals surface area contributed by atoms with Gasteiger partial charge >= 0.3 is 5.97 Å². The fraction of sp³-hybridized carbons (Fsp3) is 0.615. The van der Waals surface area contributed by atoms with Crippen LogP contribution >= 0.6 is 0 Å². The summed E-state index contributed by atoms with van der Waals surface area (Å²) in [4.78, 5) is 21.9. The molecule has 2 rings (SSSR count). The van der Waals surface area contributed by atoms with Crippen LogP contribution in [0.5, 0.6) is 0 Å². The van der Waals surface area contributed by atoms with Gasteiger partial charge in [-0.25, -0.2) is 9.97 Å². The molecule has 19 heavy (non-hydrogen) atoms. The van der Waals surface area contributed by atoms with Crippen LogP contribution in [0.25, 0.3) is 0 Å². The molecule has 1 aromatic rings. The lowest BCUT2D eigenvalue weighted by Gasteiger charge is -2.17. The minimum absolute atomic E-state index is 0.144. The van der Waals surface area contributed by atoms with Crippen molar-refractivity contribution in [2.75, 3.05) is 32.2 Å². The lowest BCUT2D eigenvalue weighted by Crippen LogP contribution is -2.22. The van der Waals surface area contributed by atoms with Crippen LogP contribution in [0.1, 0.15) is 18.5 Å². The molecule has 1 aliphatic heterocycles. The van der Waals surface area contributed by atoms with E-state index < -0.39 is 0 Å². The summed E-state index contributed by atoms with van der Waals surface area (Å²) in [6.07, 6.45) is 3.01. The molecule has 0 spiro atoms. The molecule has 0 aromatic carbocycles. The minimum atomic E-state index is -0.144. The number of esters is 1. The Morgan fingerprint density at radius 2 is 2.32 bits per heavy atom. The van der Waals surface area contributed by atoms with E-state index >= 15 is 0 Å². The molecule has 0 amide bonds. The van der Waals surface area contributed by atoms with Crippen molar-refractivity contribution in [2.24, 2.45) is 5.92 Å². The smallest absolute Gasteiger partial charge is 0.305 e. The van der Waals surface area contributed by atoms with Crippen molar-refractivity contribution in [3.63, 3.8) is 0 Å². The van der Waals surface area contributed by atoms with Crippen LogP contribution in [0, 0.1) is 5.92 Å². The Hall–Kier alpha value is -1.69. The Morgan fingerprint density at radius 3 is 3.05 bits per heavy atom. The van der Waals surface area contributed by atoms with Gasteiger partial charge in [0, 0.05) is 26.3 Å². The number of carbonyl (C=O) groups is 1. The maximum absolute atomic E-state index is 11.3. The quantitative estimate of drug-likeness (QED) is 0.740. The number of nitrogens with zero attached hydrogens (tertiary/aromatic N) is 3. The molecule has 0 bridgehead atoms. The van der Waals surface area contributed by atoms with Crippen molar-refractivity contribution in [2.45, 2.75) is 19.4 Å². The van der Waals surface area contributed by atoms with E-state index in [2.05, 4.69) is 14.9 Å². The number of hydrogen-bond donors (Lipinski definition) is 0. The monoisotopic (exact) mass is 265 g/mol.